The van der Waals surface area contributed by atoms with Crippen LogP contribution < -0.4 is 19.5 Å². The van der Waals surface area contributed by atoms with Crippen molar-refractivity contribution in [1.29, 1.82) is 0 Å². The van der Waals surface area contributed by atoms with Gasteiger partial charge in [-0.3, -0.25) is 4.79 Å². The number of hydrogen-bond donors (Lipinski definition) is 1. The maximum atomic E-state index is 14.0. The van der Waals surface area contributed by atoms with Crippen molar-refractivity contribution < 1.29 is 19.0 Å². The van der Waals surface area contributed by atoms with Gasteiger partial charge in [0.25, 0.3) is 5.91 Å². The van der Waals surface area contributed by atoms with Crippen molar-refractivity contribution in [3.63, 3.8) is 0 Å². The number of amides is 1. The fourth-order valence-electron chi connectivity index (χ4n) is 4.92. The minimum Gasteiger partial charge on any atom is -0.497 e. The Labute approximate surface area is 239 Å². The van der Waals surface area contributed by atoms with Crippen LogP contribution in [-0.2, 0) is 17.9 Å². The number of benzene rings is 3. The van der Waals surface area contributed by atoms with E-state index >= 15 is 0 Å². The molecule has 204 valence electrons. The van der Waals surface area contributed by atoms with E-state index in [-0.39, 0.29) is 11.9 Å². The highest BCUT2D eigenvalue weighted by molar-refractivity contribution is 6.42. The molecular formula is C31H32Cl2N2O4. The first-order valence-electron chi connectivity index (χ1n) is 13.1. The molecule has 0 saturated heterocycles. The van der Waals surface area contributed by atoms with Crippen molar-refractivity contribution in [3.8, 4) is 17.2 Å². The Hall–Kier alpha value is -3.19. The van der Waals surface area contributed by atoms with E-state index in [4.69, 9.17) is 37.4 Å². The van der Waals surface area contributed by atoms with E-state index in [1.807, 2.05) is 59.5 Å². The molecule has 0 unspecified atom stereocenters. The van der Waals surface area contributed by atoms with Gasteiger partial charge in [-0.15, -0.1) is 0 Å². The Kier molecular flexibility index (Phi) is 8.66. The van der Waals surface area contributed by atoms with E-state index in [0.29, 0.717) is 29.7 Å². The number of rotatable bonds is 10. The van der Waals surface area contributed by atoms with Crippen LogP contribution in [0.3, 0.4) is 0 Å². The first-order chi connectivity index (χ1) is 19.0. The van der Waals surface area contributed by atoms with E-state index in [1.165, 1.54) is 0 Å². The first-order valence-corrected chi connectivity index (χ1v) is 13.8. The lowest BCUT2D eigenvalue weighted by atomic mass is 9.93. The molecular weight excluding hydrogens is 535 g/mol. The predicted octanol–water partition coefficient (Wildman–Crippen LogP) is 6.53. The molecule has 39 heavy (non-hydrogen) atoms. The molecule has 0 radical (unpaired) electrons. The standard InChI is InChI=1S/C31H32Cl2N2O4/c1-37-24-11-12-29(38-2)22(16-24)19-39-25-7-3-5-20(15-25)26-13-14-34-17-27(26)31(36)35(23-9-10-23)18-21-6-4-8-28(32)30(21)33/h3-8,11-12,15-16,23,34H,9-10,13-14,17-19H2,1-2H3. The maximum Gasteiger partial charge on any atom is 0.251 e. The summed E-state index contributed by atoms with van der Waals surface area (Å²) >= 11 is 12.7. The summed E-state index contributed by atoms with van der Waals surface area (Å²) in [6.45, 7) is 2.09. The average molecular weight is 568 g/mol. The van der Waals surface area contributed by atoms with Crippen LogP contribution >= 0.6 is 23.2 Å². The molecule has 1 saturated carbocycles. The van der Waals surface area contributed by atoms with Gasteiger partial charge in [0.15, 0.2) is 0 Å². The van der Waals surface area contributed by atoms with Gasteiger partial charge in [-0.1, -0.05) is 47.5 Å². The lowest BCUT2D eigenvalue weighted by Gasteiger charge is -2.28. The minimum absolute atomic E-state index is 0.0446. The Balaban J connectivity index is 1.40. The highest BCUT2D eigenvalue weighted by atomic mass is 35.5. The van der Waals surface area contributed by atoms with Crippen molar-refractivity contribution in [1.82, 2.24) is 10.2 Å². The fraction of sp³-hybridized carbons (Fsp3) is 0.323. The third-order valence-corrected chi connectivity index (χ3v) is 8.02. The Bertz CT molecular complexity index is 1390. The van der Waals surface area contributed by atoms with Gasteiger partial charge >= 0.3 is 0 Å². The number of hydrogen-bond acceptors (Lipinski definition) is 5. The first kappa shape index (κ1) is 27.4. The number of ether oxygens (including phenoxy) is 3. The lowest BCUT2D eigenvalue weighted by Crippen LogP contribution is -2.39. The van der Waals surface area contributed by atoms with Crippen LogP contribution in [0.2, 0.25) is 10.0 Å². The van der Waals surface area contributed by atoms with Crippen LogP contribution in [0, 0.1) is 0 Å². The molecule has 0 spiro atoms. The molecule has 1 amide bonds. The quantitative estimate of drug-likeness (QED) is 0.302. The summed E-state index contributed by atoms with van der Waals surface area (Å²) in [4.78, 5) is 15.9. The van der Waals surface area contributed by atoms with Crippen molar-refractivity contribution >= 4 is 34.7 Å². The van der Waals surface area contributed by atoms with Gasteiger partial charge in [-0.25, -0.2) is 0 Å². The SMILES string of the molecule is COc1ccc(OC)c(COc2cccc(C3=C(C(=O)N(Cc4cccc(Cl)c4Cl)C4CC4)CNCC3)c2)c1. The highest BCUT2D eigenvalue weighted by Crippen LogP contribution is 2.35. The van der Waals surface area contributed by atoms with Crippen molar-refractivity contribution in [2.75, 3.05) is 27.3 Å². The summed E-state index contributed by atoms with van der Waals surface area (Å²) in [5, 5.41) is 4.39. The maximum absolute atomic E-state index is 14.0. The molecule has 0 bridgehead atoms. The second kappa shape index (κ2) is 12.3. The summed E-state index contributed by atoms with van der Waals surface area (Å²) in [6, 6.07) is 19.4. The zero-order valence-corrected chi connectivity index (χ0v) is 23.6. The molecule has 0 aromatic heterocycles. The van der Waals surface area contributed by atoms with Gasteiger partial charge in [-0.05, 0) is 78.9 Å². The fourth-order valence-corrected chi connectivity index (χ4v) is 5.30. The Morgan fingerprint density at radius 3 is 2.56 bits per heavy atom. The zero-order valence-electron chi connectivity index (χ0n) is 22.1. The van der Waals surface area contributed by atoms with Gasteiger partial charge in [-0.2, -0.15) is 0 Å². The third-order valence-electron chi connectivity index (χ3n) is 7.16. The van der Waals surface area contributed by atoms with Crippen LogP contribution in [0.25, 0.3) is 5.57 Å². The van der Waals surface area contributed by atoms with E-state index in [9.17, 15) is 4.79 Å². The van der Waals surface area contributed by atoms with Crippen molar-refractivity contribution in [2.45, 2.75) is 38.5 Å². The summed E-state index contributed by atoms with van der Waals surface area (Å²) in [5.41, 5.74) is 4.58. The minimum atomic E-state index is 0.0446. The van der Waals surface area contributed by atoms with Crippen LogP contribution in [-0.4, -0.2) is 44.2 Å². The van der Waals surface area contributed by atoms with Crippen LogP contribution in [0.15, 0.2) is 66.2 Å². The molecule has 1 aliphatic heterocycles. The molecule has 1 N–H and O–H groups in total. The van der Waals surface area contributed by atoms with Gasteiger partial charge < -0.3 is 24.4 Å². The van der Waals surface area contributed by atoms with E-state index in [0.717, 1.165) is 70.9 Å². The largest absolute Gasteiger partial charge is 0.497 e. The van der Waals surface area contributed by atoms with Crippen LogP contribution in [0.5, 0.6) is 17.2 Å². The van der Waals surface area contributed by atoms with E-state index in [2.05, 4.69) is 5.32 Å². The number of halogens is 2. The van der Waals surface area contributed by atoms with Gasteiger partial charge in [0.2, 0.25) is 0 Å². The third kappa shape index (κ3) is 6.35. The molecule has 1 aliphatic carbocycles. The topological polar surface area (TPSA) is 60.0 Å². The number of nitrogens with zero attached hydrogens (tertiary/aromatic N) is 1. The smallest absolute Gasteiger partial charge is 0.251 e. The monoisotopic (exact) mass is 566 g/mol. The molecule has 1 fully saturated rings. The summed E-state index contributed by atoms with van der Waals surface area (Å²) < 4.78 is 17.0. The molecule has 5 rings (SSSR count). The van der Waals surface area contributed by atoms with E-state index in [1.54, 1.807) is 20.3 Å². The van der Waals surface area contributed by atoms with Crippen molar-refractivity contribution in [2.24, 2.45) is 0 Å². The molecule has 1 heterocycles. The number of carbonyl (C=O) groups is 1. The normalized spacial score (nSPS) is 15.2. The Morgan fingerprint density at radius 1 is 0.974 bits per heavy atom. The highest BCUT2D eigenvalue weighted by Gasteiger charge is 2.35. The second-order valence-electron chi connectivity index (χ2n) is 9.76. The molecule has 3 aromatic rings. The summed E-state index contributed by atoms with van der Waals surface area (Å²) in [6.07, 6.45) is 2.75. The summed E-state index contributed by atoms with van der Waals surface area (Å²) in [7, 11) is 3.27. The molecule has 3 aromatic carbocycles. The number of nitrogens with one attached hydrogen (secondary N) is 1. The lowest BCUT2D eigenvalue weighted by molar-refractivity contribution is -0.128. The number of carbonyl (C=O) groups excluding carboxylic acids is 1. The second-order valence-corrected chi connectivity index (χ2v) is 10.5. The molecule has 8 heteroatoms. The Morgan fingerprint density at radius 2 is 1.79 bits per heavy atom. The van der Waals surface area contributed by atoms with Crippen LogP contribution in [0.4, 0.5) is 0 Å². The molecule has 2 aliphatic rings. The van der Waals surface area contributed by atoms with Crippen molar-refractivity contribution in [3.05, 3.63) is 93.0 Å². The van der Waals surface area contributed by atoms with Crippen LogP contribution in [0.1, 0.15) is 36.0 Å². The average Bonchev–Trinajstić information content (AvgIpc) is 3.82. The predicted molar refractivity (Wildman–Crippen MR) is 155 cm³/mol. The van der Waals surface area contributed by atoms with Gasteiger partial charge in [0.1, 0.15) is 23.9 Å². The van der Waals surface area contributed by atoms with Gasteiger partial charge in [0.05, 0.1) is 24.3 Å². The van der Waals surface area contributed by atoms with E-state index < -0.39 is 0 Å². The molecule has 0 atom stereocenters. The number of methoxy groups -OCH3 is 2. The van der Waals surface area contributed by atoms with Gasteiger partial charge in [0, 0.05) is 30.3 Å². The zero-order chi connectivity index (χ0) is 27.4. The molecule has 6 nitrogen and oxygen atoms in total. The summed E-state index contributed by atoms with van der Waals surface area (Å²) in [5.74, 6) is 2.24.